The number of aryl methyl sites for hydroxylation is 1. The predicted octanol–water partition coefficient (Wildman–Crippen LogP) is 2.19. The molecule has 2 aromatic rings. The van der Waals surface area contributed by atoms with Crippen LogP contribution < -0.4 is 10.0 Å². The van der Waals surface area contributed by atoms with Gasteiger partial charge in [-0.05, 0) is 20.4 Å². The standard InChI is InChI=1S/C13H19N3O3S2/c1-4-14-8-11-7-12(10(3)19-11)21(17,18)16-9(2)13-15-5-6-20-13/h5-7,9,14,16H,4,8H2,1-3H3. The maximum atomic E-state index is 12.4. The van der Waals surface area contributed by atoms with Crippen LogP contribution in [0.3, 0.4) is 0 Å². The SMILES string of the molecule is CCNCc1cc(S(=O)(=O)NC(C)c2nccs2)c(C)o1. The average molecular weight is 329 g/mol. The van der Waals surface area contributed by atoms with Crippen LogP contribution in [0, 0.1) is 6.92 Å². The third-order valence-electron chi connectivity index (χ3n) is 2.92. The van der Waals surface area contributed by atoms with Crippen molar-refractivity contribution >= 4 is 21.4 Å². The molecule has 1 atom stereocenters. The highest BCUT2D eigenvalue weighted by atomic mass is 32.2. The van der Waals surface area contributed by atoms with E-state index in [1.54, 1.807) is 26.1 Å². The molecule has 0 aliphatic carbocycles. The van der Waals surface area contributed by atoms with E-state index in [9.17, 15) is 8.42 Å². The third-order valence-corrected chi connectivity index (χ3v) is 5.52. The van der Waals surface area contributed by atoms with E-state index in [4.69, 9.17) is 4.42 Å². The molecule has 2 N–H and O–H groups in total. The molecule has 0 aliphatic rings. The molecule has 1 unspecified atom stereocenters. The molecule has 0 saturated heterocycles. The molecule has 6 nitrogen and oxygen atoms in total. The Labute approximate surface area is 128 Å². The van der Waals surface area contributed by atoms with Crippen molar-refractivity contribution in [3.8, 4) is 0 Å². The van der Waals surface area contributed by atoms with Crippen molar-refractivity contribution in [1.29, 1.82) is 0 Å². The first-order valence-electron chi connectivity index (χ1n) is 6.65. The highest BCUT2D eigenvalue weighted by molar-refractivity contribution is 7.89. The van der Waals surface area contributed by atoms with Crippen molar-refractivity contribution in [1.82, 2.24) is 15.0 Å². The van der Waals surface area contributed by atoms with Crippen LogP contribution in [-0.2, 0) is 16.6 Å². The average Bonchev–Trinajstić information content (AvgIpc) is 3.05. The fraction of sp³-hybridized carbons (Fsp3) is 0.462. The molecule has 0 amide bonds. The van der Waals surface area contributed by atoms with Gasteiger partial charge in [-0.1, -0.05) is 6.92 Å². The van der Waals surface area contributed by atoms with Gasteiger partial charge in [0.05, 0.1) is 12.6 Å². The van der Waals surface area contributed by atoms with E-state index in [0.717, 1.165) is 11.6 Å². The number of nitrogens with zero attached hydrogens (tertiary/aromatic N) is 1. The number of rotatable bonds is 7. The summed E-state index contributed by atoms with van der Waals surface area (Å²) < 4.78 is 33.0. The summed E-state index contributed by atoms with van der Waals surface area (Å²) in [6.45, 7) is 6.70. The number of furan rings is 1. The van der Waals surface area contributed by atoms with E-state index in [1.807, 2.05) is 12.3 Å². The largest absolute Gasteiger partial charge is 0.464 e. The molecule has 0 saturated carbocycles. The second-order valence-electron chi connectivity index (χ2n) is 4.63. The van der Waals surface area contributed by atoms with Gasteiger partial charge in [0.15, 0.2) is 0 Å². The van der Waals surface area contributed by atoms with Gasteiger partial charge in [0.1, 0.15) is 21.4 Å². The number of hydrogen-bond acceptors (Lipinski definition) is 6. The molecule has 0 bridgehead atoms. The molecule has 0 radical (unpaired) electrons. The van der Waals surface area contributed by atoms with E-state index < -0.39 is 10.0 Å². The fourth-order valence-corrected chi connectivity index (χ4v) is 4.05. The third kappa shape index (κ3) is 3.91. The maximum Gasteiger partial charge on any atom is 0.244 e. The number of nitrogens with one attached hydrogen (secondary N) is 2. The van der Waals surface area contributed by atoms with Gasteiger partial charge in [0.2, 0.25) is 10.0 Å². The minimum Gasteiger partial charge on any atom is -0.464 e. The molecule has 2 rings (SSSR count). The summed E-state index contributed by atoms with van der Waals surface area (Å²) in [4.78, 5) is 4.30. The molecule has 0 aliphatic heterocycles. The molecule has 116 valence electrons. The van der Waals surface area contributed by atoms with Crippen LogP contribution in [0.25, 0.3) is 0 Å². The van der Waals surface area contributed by atoms with Crippen molar-refractivity contribution in [3.63, 3.8) is 0 Å². The zero-order valence-corrected chi connectivity index (χ0v) is 13.8. The summed E-state index contributed by atoms with van der Waals surface area (Å²) in [5.74, 6) is 0.998. The van der Waals surface area contributed by atoms with Gasteiger partial charge in [-0.2, -0.15) is 0 Å². The molecule has 0 fully saturated rings. The Morgan fingerprint density at radius 1 is 1.48 bits per heavy atom. The summed E-state index contributed by atoms with van der Waals surface area (Å²) in [5, 5.41) is 5.65. The van der Waals surface area contributed by atoms with E-state index in [-0.39, 0.29) is 10.9 Å². The number of aromatic nitrogens is 1. The van der Waals surface area contributed by atoms with Crippen molar-refractivity contribution in [2.45, 2.75) is 38.3 Å². The first kappa shape index (κ1) is 16.2. The Balaban J connectivity index is 2.17. The highest BCUT2D eigenvalue weighted by Crippen LogP contribution is 2.23. The van der Waals surface area contributed by atoms with E-state index >= 15 is 0 Å². The van der Waals surface area contributed by atoms with Crippen LogP contribution in [0.1, 0.15) is 36.4 Å². The van der Waals surface area contributed by atoms with Gasteiger partial charge in [0.25, 0.3) is 0 Å². The lowest BCUT2D eigenvalue weighted by molar-refractivity contribution is 0.460. The fourth-order valence-electron chi connectivity index (χ4n) is 1.92. The second-order valence-corrected chi connectivity index (χ2v) is 7.24. The monoisotopic (exact) mass is 329 g/mol. The topological polar surface area (TPSA) is 84.2 Å². The lowest BCUT2D eigenvalue weighted by atomic mass is 10.4. The van der Waals surface area contributed by atoms with Crippen molar-refractivity contribution < 1.29 is 12.8 Å². The van der Waals surface area contributed by atoms with Crippen LogP contribution in [0.2, 0.25) is 0 Å². The maximum absolute atomic E-state index is 12.4. The van der Waals surface area contributed by atoms with E-state index in [0.29, 0.717) is 18.1 Å². The summed E-state index contributed by atoms with van der Waals surface area (Å²) in [6.07, 6.45) is 1.66. The van der Waals surface area contributed by atoms with Crippen LogP contribution in [0.5, 0.6) is 0 Å². The van der Waals surface area contributed by atoms with Gasteiger partial charge in [-0.25, -0.2) is 18.1 Å². The number of hydrogen-bond donors (Lipinski definition) is 2. The van der Waals surface area contributed by atoms with Gasteiger partial charge in [0, 0.05) is 17.6 Å². The first-order chi connectivity index (χ1) is 9.94. The Morgan fingerprint density at radius 3 is 2.86 bits per heavy atom. The Bertz CT molecular complexity index is 678. The van der Waals surface area contributed by atoms with Gasteiger partial charge >= 0.3 is 0 Å². The van der Waals surface area contributed by atoms with E-state index in [2.05, 4.69) is 15.0 Å². The van der Waals surface area contributed by atoms with Gasteiger partial charge < -0.3 is 9.73 Å². The smallest absolute Gasteiger partial charge is 0.244 e. The Kier molecular flexibility index (Phi) is 5.15. The first-order valence-corrected chi connectivity index (χ1v) is 9.02. The van der Waals surface area contributed by atoms with Crippen LogP contribution in [0.4, 0.5) is 0 Å². The zero-order chi connectivity index (χ0) is 15.5. The van der Waals surface area contributed by atoms with Gasteiger partial charge in [-0.15, -0.1) is 11.3 Å². The molecule has 21 heavy (non-hydrogen) atoms. The quantitative estimate of drug-likeness (QED) is 0.813. The van der Waals surface area contributed by atoms with Crippen molar-refractivity contribution in [2.24, 2.45) is 0 Å². The lowest BCUT2D eigenvalue weighted by Gasteiger charge is -2.10. The summed E-state index contributed by atoms with van der Waals surface area (Å²) >= 11 is 1.42. The summed E-state index contributed by atoms with van der Waals surface area (Å²) in [5.41, 5.74) is 0. The molecule has 0 aromatic carbocycles. The Hall–Kier alpha value is -1.22. The van der Waals surface area contributed by atoms with Crippen LogP contribution in [0.15, 0.2) is 27.0 Å². The zero-order valence-electron chi connectivity index (χ0n) is 12.2. The minimum atomic E-state index is -3.63. The molecular weight excluding hydrogens is 310 g/mol. The summed E-state index contributed by atoms with van der Waals surface area (Å²) in [7, 11) is -3.63. The highest BCUT2D eigenvalue weighted by Gasteiger charge is 2.24. The van der Waals surface area contributed by atoms with Crippen molar-refractivity contribution in [2.75, 3.05) is 6.54 Å². The lowest BCUT2D eigenvalue weighted by Crippen LogP contribution is -2.27. The normalized spacial score (nSPS) is 13.5. The van der Waals surface area contributed by atoms with Gasteiger partial charge in [-0.3, -0.25) is 0 Å². The molecule has 2 aromatic heterocycles. The van der Waals surface area contributed by atoms with Crippen LogP contribution >= 0.6 is 11.3 Å². The number of thiazole rings is 1. The molecule has 2 heterocycles. The molecule has 0 spiro atoms. The summed E-state index contributed by atoms with van der Waals surface area (Å²) in [6, 6.07) is 1.19. The molecular formula is C13H19N3O3S2. The Morgan fingerprint density at radius 2 is 2.24 bits per heavy atom. The van der Waals surface area contributed by atoms with Crippen molar-refractivity contribution in [3.05, 3.63) is 34.2 Å². The van der Waals surface area contributed by atoms with Crippen LogP contribution in [-0.4, -0.2) is 19.9 Å². The molecule has 8 heteroatoms. The minimum absolute atomic E-state index is 0.179. The predicted molar refractivity (Wildman–Crippen MR) is 81.7 cm³/mol. The van der Waals surface area contributed by atoms with E-state index in [1.165, 1.54) is 11.3 Å². The second kappa shape index (κ2) is 6.69. The number of sulfonamides is 1.